The number of anilines is 1. The van der Waals surface area contributed by atoms with Crippen LogP contribution in [0.15, 0.2) is 82.2 Å². The summed E-state index contributed by atoms with van der Waals surface area (Å²) in [6.07, 6.45) is 1.74. The second kappa shape index (κ2) is 14.0. The van der Waals surface area contributed by atoms with Crippen molar-refractivity contribution in [1.82, 2.24) is 10.2 Å². The van der Waals surface area contributed by atoms with E-state index in [4.69, 9.17) is 11.6 Å². The first-order valence-electron chi connectivity index (χ1n) is 12.7. The van der Waals surface area contributed by atoms with Crippen LogP contribution in [0.4, 0.5) is 5.69 Å². The summed E-state index contributed by atoms with van der Waals surface area (Å²) < 4.78 is 29.6. The highest BCUT2D eigenvalue weighted by atomic mass is 79.9. The van der Waals surface area contributed by atoms with Gasteiger partial charge in [0.15, 0.2) is 0 Å². The average molecular weight is 635 g/mol. The molecule has 0 aromatic heterocycles. The first-order valence-corrected chi connectivity index (χ1v) is 15.3. The van der Waals surface area contributed by atoms with Gasteiger partial charge in [0, 0.05) is 22.6 Å². The van der Waals surface area contributed by atoms with Crippen molar-refractivity contribution in [2.45, 2.75) is 51.1 Å². The molecule has 0 aliphatic carbocycles. The number of benzene rings is 3. The Balaban J connectivity index is 2.00. The third kappa shape index (κ3) is 8.30. The van der Waals surface area contributed by atoms with Gasteiger partial charge in [-0.25, -0.2) is 8.42 Å². The summed E-state index contributed by atoms with van der Waals surface area (Å²) in [5.41, 5.74) is 1.99. The number of sulfonamides is 1. The summed E-state index contributed by atoms with van der Waals surface area (Å²) in [6.45, 7) is 5.67. The number of hydrogen-bond acceptors (Lipinski definition) is 4. The highest BCUT2D eigenvalue weighted by molar-refractivity contribution is 9.10. The average Bonchev–Trinajstić information content (AvgIpc) is 2.90. The van der Waals surface area contributed by atoms with Crippen molar-refractivity contribution in [3.63, 3.8) is 0 Å². The van der Waals surface area contributed by atoms with Crippen molar-refractivity contribution >= 4 is 55.1 Å². The summed E-state index contributed by atoms with van der Waals surface area (Å²) >= 11 is 9.44. The normalized spacial score (nSPS) is 12.0. The van der Waals surface area contributed by atoms with Crippen LogP contribution in [0.3, 0.4) is 0 Å². The Hall–Kier alpha value is -2.88. The third-order valence-corrected chi connectivity index (χ3v) is 8.74. The minimum absolute atomic E-state index is 0.00473. The van der Waals surface area contributed by atoms with E-state index in [1.54, 1.807) is 25.1 Å². The molecular weight excluding hydrogens is 602 g/mol. The molecule has 0 fully saturated rings. The van der Waals surface area contributed by atoms with E-state index in [9.17, 15) is 18.0 Å². The van der Waals surface area contributed by atoms with Crippen LogP contribution in [0.5, 0.6) is 0 Å². The lowest BCUT2D eigenvalue weighted by Crippen LogP contribution is -2.51. The van der Waals surface area contributed by atoms with Gasteiger partial charge in [-0.2, -0.15) is 0 Å². The fourth-order valence-electron chi connectivity index (χ4n) is 4.00. The fraction of sp³-hybridized carbons (Fsp3) is 0.310. The molecule has 39 heavy (non-hydrogen) atoms. The molecule has 3 aromatic rings. The number of amides is 2. The van der Waals surface area contributed by atoms with Crippen LogP contribution in [0, 0.1) is 6.92 Å². The van der Waals surface area contributed by atoms with Crippen LogP contribution in [-0.2, 0) is 26.2 Å². The van der Waals surface area contributed by atoms with E-state index >= 15 is 0 Å². The molecule has 0 heterocycles. The molecule has 0 radical (unpaired) electrons. The maximum atomic E-state index is 13.9. The van der Waals surface area contributed by atoms with E-state index < -0.39 is 28.5 Å². The number of nitrogens with one attached hydrogen (secondary N) is 1. The number of nitrogens with zero attached hydrogens (tertiary/aromatic N) is 2. The first kappa shape index (κ1) is 30.7. The van der Waals surface area contributed by atoms with Crippen LogP contribution < -0.4 is 9.62 Å². The van der Waals surface area contributed by atoms with Crippen molar-refractivity contribution in [3.8, 4) is 0 Å². The van der Waals surface area contributed by atoms with Crippen molar-refractivity contribution in [2.24, 2.45) is 0 Å². The van der Waals surface area contributed by atoms with Crippen LogP contribution >= 0.6 is 27.5 Å². The standard InChI is InChI=1S/C29H33BrClN3O4S/c1-4-5-16-32-29(36)22(3)33(19-23-9-7-10-24(30)18-23)28(35)20-34(26-11-6-8-21(2)17-26)39(37,38)27-14-12-25(31)13-15-27/h6-15,17-18,22H,4-5,16,19-20H2,1-3H3,(H,32,36)/t22-/m1/s1. The summed E-state index contributed by atoms with van der Waals surface area (Å²) in [5, 5.41) is 3.28. The molecule has 0 spiro atoms. The molecular formula is C29H33BrClN3O4S. The lowest BCUT2D eigenvalue weighted by molar-refractivity contribution is -0.139. The van der Waals surface area contributed by atoms with Crippen molar-refractivity contribution in [3.05, 3.63) is 93.4 Å². The predicted octanol–water partition coefficient (Wildman–Crippen LogP) is 5.94. The van der Waals surface area contributed by atoms with Crippen LogP contribution in [0.25, 0.3) is 0 Å². The Morgan fingerprint density at radius 1 is 1.03 bits per heavy atom. The minimum atomic E-state index is -4.14. The van der Waals surface area contributed by atoms with E-state index in [-0.39, 0.29) is 17.3 Å². The Bertz CT molecular complexity index is 1400. The van der Waals surface area contributed by atoms with Gasteiger partial charge in [-0.3, -0.25) is 13.9 Å². The third-order valence-electron chi connectivity index (χ3n) is 6.21. The van der Waals surface area contributed by atoms with Crippen LogP contribution in [0.1, 0.15) is 37.8 Å². The summed E-state index contributed by atoms with van der Waals surface area (Å²) in [7, 11) is -4.14. The molecule has 1 atom stereocenters. The first-order chi connectivity index (χ1) is 18.5. The van der Waals surface area contributed by atoms with Gasteiger partial charge in [-0.05, 0) is 79.9 Å². The SMILES string of the molecule is CCCCNC(=O)[C@@H](C)N(Cc1cccc(Br)c1)C(=O)CN(c1cccc(C)c1)S(=O)(=O)c1ccc(Cl)cc1. The quantitative estimate of drug-likeness (QED) is 0.250. The molecule has 0 aliphatic rings. The van der Waals surface area contributed by atoms with Gasteiger partial charge < -0.3 is 10.2 Å². The number of unbranched alkanes of at least 4 members (excludes halogenated alkanes) is 1. The zero-order chi connectivity index (χ0) is 28.6. The molecule has 0 saturated heterocycles. The molecule has 0 bridgehead atoms. The Labute approximate surface area is 244 Å². The van der Waals surface area contributed by atoms with E-state index in [2.05, 4.69) is 21.2 Å². The van der Waals surface area contributed by atoms with Crippen LogP contribution in [-0.4, -0.2) is 44.3 Å². The van der Waals surface area contributed by atoms with Gasteiger partial charge in [0.2, 0.25) is 11.8 Å². The molecule has 0 unspecified atom stereocenters. The van der Waals surface area contributed by atoms with Crippen molar-refractivity contribution in [2.75, 3.05) is 17.4 Å². The van der Waals surface area contributed by atoms with E-state index in [0.717, 1.165) is 32.7 Å². The second-order valence-corrected chi connectivity index (χ2v) is 12.5. The Morgan fingerprint density at radius 3 is 2.36 bits per heavy atom. The van der Waals surface area contributed by atoms with Gasteiger partial charge in [0.05, 0.1) is 10.6 Å². The number of halogens is 2. The summed E-state index contributed by atoms with van der Waals surface area (Å²) in [5.74, 6) is -0.804. The molecule has 3 rings (SSSR count). The molecule has 10 heteroatoms. The number of rotatable bonds is 12. The largest absolute Gasteiger partial charge is 0.354 e. The maximum absolute atomic E-state index is 13.9. The summed E-state index contributed by atoms with van der Waals surface area (Å²) in [4.78, 5) is 28.4. The predicted molar refractivity (Wildman–Crippen MR) is 159 cm³/mol. The van der Waals surface area contributed by atoms with Gasteiger partial charge in [0.1, 0.15) is 12.6 Å². The van der Waals surface area contributed by atoms with Crippen molar-refractivity contribution < 1.29 is 18.0 Å². The summed E-state index contributed by atoms with van der Waals surface area (Å²) in [6, 6.07) is 19.4. The molecule has 3 aromatic carbocycles. The molecule has 2 amide bonds. The smallest absolute Gasteiger partial charge is 0.264 e. The molecule has 208 valence electrons. The van der Waals surface area contributed by atoms with Gasteiger partial charge >= 0.3 is 0 Å². The highest BCUT2D eigenvalue weighted by Gasteiger charge is 2.32. The Morgan fingerprint density at radius 2 is 1.72 bits per heavy atom. The van der Waals surface area contributed by atoms with Gasteiger partial charge in [-0.15, -0.1) is 0 Å². The molecule has 0 aliphatic heterocycles. The highest BCUT2D eigenvalue weighted by Crippen LogP contribution is 2.26. The zero-order valence-corrected chi connectivity index (χ0v) is 25.4. The number of aryl methyl sites for hydroxylation is 1. The van der Waals surface area contributed by atoms with Gasteiger partial charge in [-0.1, -0.05) is 65.1 Å². The number of carbonyl (C=O) groups excluding carboxylic acids is 2. The Kier molecular flexibility index (Phi) is 11.0. The van der Waals surface area contributed by atoms with E-state index in [1.807, 2.05) is 44.2 Å². The number of carbonyl (C=O) groups is 2. The molecule has 1 N–H and O–H groups in total. The molecule has 0 saturated carbocycles. The monoisotopic (exact) mass is 633 g/mol. The lowest BCUT2D eigenvalue weighted by Gasteiger charge is -2.32. The zero-order valence-electron chi connectivity index (χ0n) is 22.2. The van der Waals surface area contributed by atoms with Crippen LogP contribution in [0.2, 0.25) is 5.02 Å². The van der Waals surface area contributed by atoms with E-state index in [0.29, 0.717) is 17.3 Å². The second-order valence-electron chi connectivity index (χ2n) is 9.28. The van der Waals surface area contributed by atoms with Gasteiger partial charge in [0.25, 0.3) is 10.0 Å². The topological polar surface area (TPSA) is 86.8 Å². The van der Waals surface area contributed by atoms with Crippen molar-refractivity contribution in [1.29, 1.82) is 0 Å². The molecule has 7 nitrogen and oxygen atoms in total. The number of hydrogen-bond donors (Lipinski definition) is 1. The minimum Gasteiger partial charge on any atom is -0.354 e. The lowest BCUT2D eigenvalue weighted by atomic mass is 10.1. The maximum Gasteiger partial charge on any atom is 0.264 e. The van der Waals surface area contributed by atoms with E-state index in [1.165, 1.54) is 29.2 Å². The fourth-order valence-corrected chi connectivity index (χ4v) is 5.97.